The molecule has 28 heavy (non-hydrogen) atoms. The first-order valence-electron chi connectivity index (χ1n) is 11.4. The third-order valence-corrected chi connectivity index (χ3v) is 5.79. The Kier molecular flexibility index (Phi) is 9.32. The normalized spacial score (nSPS) is 32.5. The van der Waals surface area contributed by atoms with Crippen molar-refractivity contribution >= 4 is 0 Å². The minimum atomic E-state index is -0.138. The second-order valence-electron chi connectivity index (χ2n) is 8.26. The standard InChI is InChI=1S/C23H38O5/c1-2-3-4-9-20(27-22-10-5-7-14-25-22)13-12-18-16-19(24)17-21(18)28-23-11-6-8-15-26-23/h12-13,16,18,20-24H,2-11,14-15,17H2,1H3/b13-12+/t18-,20+,21-,22?,23?/m1/s1. The molecule has 3 aliphatic rings. The summed E-state index contributed by atoms with van der Waals surface area (Å²) in [5, 5.41) is 10.1. The monoisotopic (exact) mass is 394 g/mol. The first-order chi connectivity index (χ1) is 13.7. The van der Waals surface area contributed by atoms with Crippen molar-refractivity contribution in [2.24, 2.45) is 5.92 Å². The predicted molar refractivity (Wildman–Crippen MR) is 109 cm³/mol. The zero-order valence-corrected chi connectivity index (χ0v) is 17.4. The van der Waals surface area contributed by atoms with Crippen LogP contribution in [0.15, 0.2) is 24.0 Å². The topological polar surface area (TPSA) is 57.2 Å². The minimum Gasteiger partial charge on any atom is -0.513 e. The minimum absolute atomic E-state index is 0.0531. The number of aliphatic hydroxyl groups excluding tert-OH is 1. The molecule has 0 radical (unpaired) electrons. The van der Waals surface area contributed by atoms with Crippen LogP contribution in [0, 0.1) is 5.92 Å². The molecule has 2 fully saturated rings. The van der Waals surface area contributed by atoms with E-state index in [1.54, 1.807) is 0 Å². The fraction of sp³-hybridized carbons (Fsp3) is 0.826. The van der Waals surface area contributed by atoms with E-state index in [2.05, 4.69) is 19.1 Å². The van der Waals surface area contributed by atoms with Gasteiger partial charge in [-0.05, 0) is 51.0 Å². The number of ether oxygens (including phenoxy) is 4. The summed E-state index contributed by atoms with van der Waals surface area (Å²) in [4.78, 5) is 0. The molecule has 5 nitrogen and oxygen atoms in total. The van der Waals surface area contributed by atoms with Gasteiger partial charge in [-0.15, -0.1) is 0 Å². The summed E-state index contributed by atoms with van der Waals surface area (Å²) in [6.45, 7) is 3.79. The molecule has 2 saturated heterocycles. The third kappa shape index (κ3) is 7.18. The molecule has 0 aromatic rings. The van der Waals surface area contributed by atoms with Crippen LogP contribution >= 0.6 is 0 Å². The molecule has 3 rings (SSSR count). The highest BCUT2D eigenvalue weighted by atomic mass is 16.7. The summed E-state index contributed by atoms with van der Waals surface area (Å²) in [6.07, 6.45) is 17.6. The maximum absolute atomic E-state index is 10.1. The van der Waals surface area contributed by atoms with Crippen LogP contribution in [-0.4, -0.2) is 43.1 Å². The summed E-state index contributed by atoms with van der Waals surface area (Å²) in [6, 6.07) is 0. The van der Waals surface area contributed by atoms with Crippen LogP contribution in [0.1, 0.15) is 77.6 Å². The lowest BCUT2D eigenvalue weighted by molar-refractivity contribution is -0.191. The highest BCUT2D eigenvalue weighted by molar-refractivity contribution is 5.15. The van der Waals surface area contributed by atoms with Crippen molar-refractivity contribution in [2.45, 2.75) is 102 Å². The quantitative estimate of drug-likeness (QED) is 0.397. The number of unbranched alkanes of at least 4 members (excludes halogenated alkanes) is 2. The average Bonchev–Trinajstić information content (AvgIpc) is 3.06. The van der Waals surface area contributed by atoms with E-state index in [1.807, 2.05) is 6.08 Å². The summed E-state index contributed by atoms with van der Waals surface area (Å²) < 4.78 is 23.9. The van der Waals surface area contributed by atoms with E-state index in [0.29, 0.717) is 12.2 Å². The van der Waals surface area contributed by atoms with Crippen LogP contribution < -0.4 is 0 Å². The molecule has 0 aromatic heterocycles. The second kappa shape index (κ2) is 12.0. The van der Waals surface area contributed by atoms with Gasteiger partial charge in [-0.2, -0.15) is 0 Å². The van der Waals surface area contributed by atoms with Crippen LogP contribution in [0.25, 0.3) is 0 Å². The van der Waals surface area contributed by atoms with Crippen LogP contribution in [0.4, 0.5) is 0 Å². The predicted octanol–water partition coefficient (Wildman–Crippen LogP) is 5.41. The Balaban J connectivity index is 1.56. The summed E-state index contributed by atoms with van der Waals surface area (Å²) in [5.41, 5.74) is 0. The molecule has 0 bridgehead atoms. The average molecular weight is 395 g/mol. The third-order valence-electron chi connectivity index (χ3n) is 5.79. The van der Waals surface area contributed by atoms with Gasteiger partial charge in [0.1, 0.15) is 0 Å². The van der Waals surface area contributed by atoms with Crippen molar-refractivity contribution in [3.8, 4) is 0 Å². The highest BCUT2D eigenvalue weighted by Crippen LogP contribution is 2.30. The van der Waals surface area contributed by atoms with Gasteiger partial charge in [0.05, 0.1) is 18.0 Å². The molecule has 2 heterocycles. The number of hydrogen-bond acceptors (Lipinski definition) is 5. The first-order valence-corrected chi connectivity index (χ1v) is 11.4. The van der Waals surface area contributed by atoms with Crippen molar-refractivity contribution in [2.75, 3.05) is 13.2 Å². The number of hydrogen-bond donors (Lipinski definition) is 1. The molecule has 5 atom stereocenters. The van der Waals surface area contributed by atoms with Gasteiger partial charge in [0.25, 0.3) is 0 Å². The fourth-order valence-electron chi connectivity index (χ4n) is 4.14. The molecule has 1 N–H and O–H groups in total. The van der Waals surface area contributed by atoms with Crippen LogP contribution in [-0.2, 0) is 18.9 Å². The molecule has 5 heteroatoms. The zero-order valence-electron chi connectivity index (χ0n) is 17.4. The van der Waals surface area contributed by atoms with Crippen molar-refractivity contribution in [1.82, 2.24) is 0 Å². The Labute approximate surface area is 170 Å². The Bertz CT molecular complexity index is 491. The number of aliphatic hydroxyl groups is 1. The van der Waals surface area contributed by atoms with Crippen molar-refractivity contribution in [3.05, 3.63) is 24.0 Å². The molecule has 2 unspecified atom stereocenters. The molecule has 1 aliphatic carbocycles. The zero-order chi connectivity index (χ0) is 19.6. The van der Waals surface area contributed by atoms with E-state index in [-0.39, 0.29) is 30.7 Å². The fourth-order valence-corrected chi connectivity index (χ4v) is 4.14. The van der Waals surface area contributed by atoms with E-state index >= 15 is 0 Å². The molecule has 0 spiro atoms. The van der Waals surface area contributed by atoms with Crippen molar-refractivity contribution in [3.63, 3.8) is 0 Å². The van der Waals surface area contributed by atoms with Gasteiger partial charge in [0.2, 0.25) is 0 Å². The molecular formula is C23H38O5. The Morgan fingerprint density at radius 1 is 1.11 bits per heavy atom. The van der Waals surface area contributed by atoms with E-state index in [4.69, 9.17) is 18.9 Å². The van der Waals surface area contributed by atoms with Gasteiger partial charge in [-0.1, -0.05) is 38.3 Å². The van der Waals surface area contributed by atoms with Gasteiger partial charge in [-0.3, -0.25) is 0 Å². The van der Waals surface area contributed by atoms with E-state index in [0.717, 1.165) is 58.2 Å². The van der Waals surface area contributed by atoms with Crippen LogP contribution in [0.2, 0.25) is 0 Å². The van der Waals surface area contributed by atoms with E-state index < -0.39 is 0 Å². The maximum Gasteiger partial charge on any atom is 0.158 e. The highest BCUT2D eigenvalue weighted by Gasteiger charge is 2.30. The summed E-state index contributed by atoms with van der Waals surface area (Å²) in [5.74, 6) is 0.476. The van der Waals surface area contributed by atoms with E-state index in [9.17, 15) is 5.11 Å². The SMILES string of the molecule is CCCCC[C@@H](/C=C/[C@@H]1C=C(O)C[C@H]1OC1CCCCO1)OC1CCCCO1. The Morgan fingerprint density at radius 3 is 2.54 bits per heavy atom. The maximum atomic E-state index is 10.1. The molecule has 0 aromatic carbocycles. The van der Waals surface area contributed by atoms with Gasteiger partial charge in [0.15, 0.2) is 12.6 Å². The lowest BCUT2D eigenvalue weighted by atomic mass is 10.0. The summed E-state index contributed by atoms with van der Waals surface area (Å²) >= 11 is 0. The van der Waals surface area contributed by atoms with Crippen LogP contribution in [0.3, 0.4) is 0 Å². The lowest BCUT2D eigenvalue weighted by Gasteiger charge is -2.28. The largest absolute Gasteiger partial charge is 0.513 e. The second-order valence-corrected chi connectivity index (χ2v) is 8.26. The van der Waals surface area contributed by atoms with Gasteiger partial charge in [0, 0.05) is 25.6 Å². The first kappa shape index (κ1) is 21.8. The lowest BCUT2D eigenvalue weighted by Crippen LogP contribution is -2.30. The van der Waals surface area contributed by atoms with Crippen LogP contribution in [0.5, 0.6) is 0 Å². The molecule has 2 aliphatic heterocycles. The van der Waals surface area contributed by atoms with Crippen molar-refractivity contribution in [1.29, 1.82) is 0 Å². The smallest absolute Gasteiger partial charge is 0.158 e. The van der Waals surface area contributed by atoms with Crippen molar-refractivity contribution < 1.29 is 24.1 Å². The van der Waals surface area contributed by atoms with Gasteiger partial charge >= 0.3 is 0 Å². The molecule has 0 saturated carbocycles. The summed E-state index contributed by atoms with van der Waals surface area (Å²) in [7, 11) is 0. The number of rotatable bonds is 10. The molecular weight excluding hydrogens is 356 g/mol. The molecule has 160 valence electrons. The van der Waals surface area contributed by atoms with Gasteiger partial charge in [-0.25, -0.2) is 0 Å². The van der Waals surface area contributed by atoms with Gasteiger partial charge < -0.3 is 24.1 Å². The van der Waals surface area contributed by atoms with E-state index in [1.165, 1.54) is 19.3 Å². The Hall–Kier alpha value is -0.880. The molecule has 0 amide bonds. The Morgan fingerprint density at radius 2 is 1.86 bits per heavy atom.